The van der Waals surface area contributed by atoms with Crippen LogP contribution >= 0.6 is 11.8 Å². The van der Waals surface area contributed by atoms with Crippen LogP contribution in [0.5, 0.6) is 0 Å². The van der Waals surface area contributed by atoms with Gasteiger partial charge < -0.3 is 9.72 Å². The van der Waals surface area contributed by atoms with E-state index in [0.717, 1.165) is 41.6 Å². The normalized spacial score (nSPS) is 18.7. The number of fused-ring (bicyclic) bond motifs is 1. The highest BCUT2D eigenvalue weighted by molar-refractivity contribution is 7.98. The maximum absolute atomic E-state index is 12.4. The van der Waals surface area contributed by atoms with Gasteiger partial charge in [-0.3, -0.25) is 14.5 Å². The van der Waals surface area contributed by atoms with E-state index in [1.54, 1.807) is 11.8 Å². The summed E-state index contributed by atoms with van der Waals surface area (Å²) in [4.78, 5) is 30.6. The molecule has 1 aromatic heterocycles. The summed E-state index contributed by atoms with van der Waals surface area (Å²) in [5.41, 5.74) is 1.45. The average Bonchev–Trinajstić information content (AvgIpc) is 2.61. The van der Waals surface area contributed by atoms with E-state index in [-0.39, 0.29) is 17.6 Å². The number of thioether (sulfide) groups is 1. The fourth-order valence-corrected chi connectivity index (χ4v) is 3.71. The summed E-state index contributed by atoms with van der Waals surface area (Å²) in [6, 6.07) is 7.74. The van der Waals surface area contributed by atoms with Crippen molar-refractivity contribution in [3.05, 3.63) is 40.2 Å². The van der Waals surface area contributed by atoms with Crippen molar-refractivity contribution in [2.24, 2.45) is 0 Å². The lowest BCUT2D eigenvalue weighted by molar-refractivity contribution is -0.148. The minimum Gasteiger partial charge on any atom is -0.468 e. The van der Waals surface area contributed by atoms with E-state index in [0.29, 0.717) is 12.1 Å². The number of carbonyl (C=O) groups is 1. The predicted molar refractivity (Wildman–Crippen MR) is 96.4 cm³/mol. The van der Waals surface area contributed by atoms with Gasteiger partial charge in [-0.25, -0.2) is 0 Å². The van der Waals surface area contributed by atoms with Crippen LogP contribution in [0.4, 0.5) is 0 Å². The van der Waals surface area contributed by atoms with E-state index in [4.69, 9.17) is 4.74 Å². The lowest BCUT2D eigenvalue weighted by Crippen LogP contribution is -2.45. The number of nitrogens with zero attached hydrogens (tertiary/aromatic N) is 1. The number of carbonyl (C=O) groups excluding carboxylic acids is 1. The Bertz CT molecular complexity index is 802. The maximum Gasteiger partial charge on any atom is 0.323 e. The molecule has 0 spiro atoms. The lowest BCUT2D eigenvalue weighted by atomic mass is 10.0. The monoisotopic (exact) mass is 346 g/mol. The van der Waals surface area contributed by atoms with E-state index in [1.165, 1.54) is 7.11 Å². The molecule has 1 saturated heterocycles. The number of rotatable bonds is 4. The molecule has 0 saturated carbocycles. The molecule has 2 aromatic rings. The first-order valence-electron chi connectivity index (χ1n) is 8.14. The lowest BCUT2D eigenvalue weighted by Gasteiger charge is -2.33. The summed E-state index contributed by atoms with van der Waals surface area (Å²) >= 11 is 1.65. The molecule has 0 radical (unpaired) electrons. The number of piperidine rings is 1. The molecule has 0 unspecified atom stereocenters. The molecule has 128 valence electrons. The fraction of sp³-hybridized carbons (Fsp3) is 0.444. The average molecular weight is 346 g/mol. The van der Waals surface area contributed by atoms with Crippen molar-refractivity contribution < 1.29 is 9.53 Å². The number of likely N-dealkylation sites (tertiary alicyclic amines) is 1. The second kappa shape index (κ2) is 7.40. The Labute approximate surface area is 145 Å². The number of hydrogen-bond donors (Lipinski definition) is 1. The molecule has 1 aromatic carbocycles. The van der Waals surface area contributed by atoms with Crippen molar-refractivity contribution in [1.29, 1.82) is 0 Å². The van der Waals surface area contributed by atoms with Crippen molar-refractivity contribution >= 4 is 28.6 Å². The number of aromatic amines is 1. The molecule has 2 heterocycles. The number of H-pyrrole nitrogens is 1. The molecule has 1 aliphatic heterocycles. The molecule has 0 bridgehead atoms. The molecule has 1 N–H and O–H groups in total. The zero-order valence-electron chi connectivity index (χ0n) is 14.0. The molecule has 0 amide bonds. The van der Waals surface area contributed by atoms with Crippen LogP contribution in [-0.4, -0.2) is 41.8 Å². The van der Waals surface area contributed by atoms with Crippen molar-refractivity contribution in [3.8, 4) is 0 Å². The van der Waals surface area contributed by atoms with Gasteiger partial charge in [0, 0.05) is 22.5 Å². The van der Waals surface area contributed by atoms with Gasteiger partial charge in [0.2, 0.25) is 0 Å². The first kappa shape index (κ1) is 17.0. The van der Waals surface area contributed by atoms with Gasteiger partial charge in [0.25, 0.3) is 5.56 Å². The van der Waals surface area contributed by atoms with Crippen LogP contribution in [0, 0.1) is 0 Å². The molecular weight excluding hydrogens is 324 g/mol. The summed E-state index contributed by atoms with van der Waals surface area (Å²) < 4.78 is 4.91. The quantitative estimate of drug-likeness (QED) is 0.681. The Morgan fingerprint density at radius 2 is 2.21 bits per heavy atom. The summed E-state index contributed by atoms with van der Waals surface area (Å²) in [5, 5.41) is 1.01. The standard InChI is InChI=1S/C18H22N2O3S/c1-23-18(22)16-5-3-4-8-20(16)11-13-9-12-6-7-14(24-2)10-15(12)19-17(13)21/h6-7,9-10,16H,3-5,8,11H2,1-2H3,(H,19,21)/t16-/m1/s1. The molecule has 24 heavy (non-hydrogen) atoms. The smallest absolute Gasteiger partial charge is 0.323 e. The highest BCUT2D eigenvalue weighted by Gasteiger charge is 2.29. The molecule has 3 rings (SSSR count). The van der Waals surface area contributed by atoms with Crippen LogP contribution in [0.25, 0.3) is 10.9 Å². The molecule has 1 atom stereocenters. The van der Waals surface area contributed by atoms with Gasteiger partial charge in [0.15, 0.2) is 0 Å². The minimum atomic E-state index is -0.252. The molecule has 0 aliphatic carbocycles. The molecular formula is C18H22N2O3S. The second-order valence-corrected chi connectivity index (χ2v) is 6.96. The highest BCUT2D eigenvalue weighted by Crippen LogP contribution is 2.23. The van der Waals surface area contributed by atoms with Crippen molar-refractivity contribution in [3.63, 3.8) is 0 Å². The minimum absolute atomic E-state index is 0.0880. The summed E-state index contributed by atoms with van der Waals surface area (Å²) in [6.07, 6.45) is 4.85. The Balaban J connectivity index is 1.89. The van der Waals surface area contributed by atoms with Gasteiger partial charge in [0.05, 0.1) is 7.11 Å². The number of hydrogen-bond acceptors (Lipinski definition) is 5. The largest absolute Gasteiger partial charge is 0.468 e. The van der Waals surface area contributed by atoms with E-state index in [1.807, 2.05) is 30.5 Å². The molecule has 6 heteroatoms. The molecule has 5 nitrogen and oxygen atoms in total. The van der Waals surface area contributed by atoms with Crippen molar-refractivity contribution in [2.75, 3.05) is 19.9 Å². The van der Waals surface area contributed by atoms with Gasteiger partial charge in [-0.2, -0.15) is 0 Å². The summed E-state index contributed by atoms with van der Waals surface area (Å²) in [5.74, 6) is -0.212. The zero-order chi connectivity index (χ0) is 17.1. The van der Waals surface area contributed by atoms with Gasteiger partial charge in [-0.1, -0.05) is 12.5 Å². The predicted octanol–water partition coefficient (Wildman–Crippen LogP) is 2.78. The van der Waals surface area contributed by atoms with E-state index >= 15 is 0 Å². The zero-order valence-corrected chi connectivity index (χ0v) is 14.8. The first-order chi connectivity index (χ1) is 11.6. The van der Waals surface area contributed by atoms with Crippen LogP contribution in [0.2, 0.25) is 0 Å². The Morgan fingerprint density at radius 3 is 2.96 bits per heavy atom. The van der Waals surface area contributed by atoms with Gasteiger partial charge in [-0.15, -0.1) is 11.8 Å². The van der Waals surface area contributed by atoms with E-state index in [2.05, 4.69) is 9.88 Å². The number of methoxy groups -OCH3 is 1. The van der Waals surface area contributed by atoms with Crippen LogP contribution < -0.4 is 5.56 Å². The number of ether oxygens (including phenoxy) is 1. The highest BCUT2D eigenvalue weighted by atomic mass is 32.2. The molecule has 1 aliphatic rings. The second-order valence-electron chi connectivity index (χ2n) is 6.08. The molecule has 1 fully saturated rings. The third-order valence-corrected chi connectivity index (χ3v) is 5.32. The van der Waals surface area contributed by atoms with E-state index < -0.39 is 0 Å². The summed E-state index contributed by atoms with van der Waals surface area (Å²) in [7, 11) is 1.42. The summed E-state index contributed by atoms with van der Waals surface area (Å²) in [6.45, 7) is 1.28. The van der Waals surface area contributed by atoms with E-state index in [9.17, 15) is 9.59 Å². The fourth-order valence-electron chi connectivity index (χ4n) is 3.27. The van der Waals surface area contributed by atoms with Gasteiger partial charge in [-0.05, 0) is 49.2 Å². The number of nitrogens with one attached hydrogen (secondary N) is 1. The van der Waals surface area contributed by atoms with Crippen LogP contribution in [0.3, 0.4) is 0 Å². The topological polar surface area (TPSA) is 62.4 Å². The number of esters is 1. The Hall–Kier alpha value is -1.79. The van der Waals surface area contributed by atoms with Gasteiger partial charge in [0.1, 0.15) is 6.04 Å². The number of aromatic nitrogens is 1. The van der Waals surface area contributed by atoms with Crippen LogP contribution in [0.15, 0.2) is 34.0 Å². The SMILES string of the molecule is COC(=O)[C@H]1CCCCN1Cc1cc2ccc(SC)cc2[nH]c1=O. The third-order valence-electron chi connectivity index (χ3n) is 4.59. The number of benzene rings is 1. The van der Waals surface area contributed by atoms with Crippen molar-refractivity contribution in [2.45, 2.75) is 36.7 Å². The maximum atomic E-state index is 12.4. The Kier molecular flexibility index (Phi) is 5.26. The third kappa shape index (κ3) is 3.49. The Morgan fingerprint density at radius 1 is 1.38 bits per heavy atom. The van der Waals surface area contributed by atoms with Gasteiger partial charge >= 0.3 is 5.97 Å². The number of pyridine rings is 1. The van der Waals surface area contributed by atoms with Crippen molar-refractivity contribution in [1.82, 2.24) is 9.88 Å². The van der Waals surface area contributed by atoms with Crippen LogP contribution in [0.1, 0.15) is 24.8 Å². The first-order valence-corrected chi connectivity index (χ1v) is 9.36. The van der Waals surface area contributed by atoms with Crippen LogP contribution in [-0.2, 0) is 16.1 Å².